The normalized spacial score (nSPS) is 19.2. The van der Waals surface area contributed by atoms with Crippen molar-refractivity contribution in [3.8, 4) is 5.75 Å². The second-order valence-corrected chi connectivity index (χ2v) is 9.74. The number of ether oxygens (including phenoxy) is 2. The molecule has 198 valence electrons. The lowest BCUT2D eigenvalue weighted by atomic mass is 9.79. The van der Waals surface area contributed by atoms with Gasteiger partial charge < -0.3 is 14.4 Å². The predicted molar refractivity (Wildman–Crippen MR) is 133 cm³/mol. The Hall–Kier alpha value is -4.08. The molecule has 3 atom stereocenters. The van der Waals surface area contributed by atoms with Gasteiger partial charge in [-0.3, -0.25) is 19.1 Å². The minimum Gasteiger partial charge on any atom is -0.451 e. The fraction of sp³-hybridized carbons (Fsp3) is 0.357. The lowest BCUT2D eigenvalue weighted by Crippen LogP contribution is -2.51. The van der Waals surface area contributed by atoms with E-state index in [-0.39, 0.29) is 23.0 Å². The van der Waals surface area contributed by atoms with E-state index < -0.39 is 53.6 Å². The second kappa shape index (κ2) is 10.4. The lowest BCUT2D eigenvalue weighted by molar-refractivity contribution is -0.154. The first-order chi connectivity index (χ1) is 18.3. The Morgan fingerprint density at radius 3 is 2.61 bits per heavy atom. The van der Waals surface area contributed by atoms with Crippen molar-refractivity contribution < 1.29 is 27.8 Å². The van der Waals surface area contributed by atoms with E-state index in [1.54, 1.807) is 30.9 Å². The Labute approximate surface area is 217 Å². The van der Waals surface area contributed by atoms with Crippen LogP contribution < -0.4 is 10.2 Å². The van der Waals surface area contributed by atoms with Crippen molar-refractivity contribution in [2.45, 2.75) is 44.7 Å². The zero-order chi connectivity index (χ0) is 27.0. The van der Waals surface area contributed by atoms with Crippen molar-refractivity contribution in [3.05, 3.63) is 93.4 Å². The monoisotopic (exact) mass is 523 g/mol. The third-order valence-corrected chi connectivity index (χ3v) is 7.10. The molecule has 1 unspecified atom stereocenters. The van der Waals surface area contributed by atoms with Gasteiger partial charge in [0.05, 0.1) is 24.2 Å². The molecule has 2 aliphatic rings. The number of rotatable bonds is 7. The van der Waals surface area contributed by atoms with E-state index in [0.717, 1.165) is 12.3 Å². The van der Waals surface area contributed by atoms with Gasteiger partial charge in [0.15, 0.2) is 17.3 Å². The molecule has 2 aliphatic heterocycles. The van der Waals surface area contributed by atoms with E-state index >= 15 is 4.39 Å². The average molecular weight is 524 g/mol. The summed E-state index contributed by atoms with van der Waals surface area (Å²) in [7, 11) is 0. The Morgan fingerprint density at radius 1 is 1.11 bits per heavy atom. The molecule has 0 spiro atoms. The van der Waals surface area contributed by atoms with Crippen molar-refractivity contribution in [3.63, 3.8) is 0 Å². The van der Waals surface area contributed by atoms with E-state index in [1.807, 2.05) is 18.2 Å². The number of fused-ring (bicyclic) bond motifs is 2. The molecule has 1 amide bonds. The third-order valence-electron chi connectivity index (χ3n) is 7.10. The maximum Gasteiger partial charge on any atom is 0.311 e. The first kappa shape index (κ1) is 25.6. The molecule has 0 N–H and O–H groups in total. The zero-order valence-electron chi connectivity index (χ0n) is 21.0. The Morgan fingerprint density at radius 2 is 1.87 bits per heavy atom. The zero-order valence-corrected chi connectivity index (χ0v) is 21.0. The van der Waals surface area contributed by atoms with Gasteiger partial charge in [0.2, 0.25) is 18.0 Å². The van der Waals surface area contributed by atoms with Crippen molar-refractivity contribution in [1.82, 2.24) is 14.7 Å². The molecule has 38 heavy (non-hydrogen) atoms. The summed E-state index contributed by atoms with van der Waals surface area (Å²) in [4.78, 5) is 40.0. The molecule has 10 heteroatoms. The molecule has 5 rings (SSSR count). The number of benzene rings is 2. The minimum absolute atomic E-state index is 0.112. The second-order valence-electron chi connectivity index (χ2n) is 9.74. The highest BCUT2D eigenvalue weighted by Crippen LogP contribution is 2.46. The van der Waals surface area contributed by atoms with Gasteiger partial charge in [-0.1, -0.05) is 56.3 Å². The van der Waals surface area contributed by atoms with Crippen molar-refractivity contribution in [1.29, 1.82) is 0 Å². The van der Waals surface area contributed by atoms with E-state index in [4.69, 9.17) is 9.47 Å². The summed E-state index contributed by atoms with van der Waals surface area (Å²) in [5, 5.41) is 4.32. The van der Waals surface area contributed by atoms with Crippen LogP contribution >= 0.6 is 0 Å². The van der Waals surface area contributed by atoms with Gasteiger partial charge in [-0.2, -0.15) is 5.10 Å². The van der Waals surface area contributed by atoms with E-state index in [0.29, 0.717) is 24.9 Å². The Bertz CT molecular complexity index is 1430. The highest BCUT2D eigenvalue weighted by atomic mass is 19.2. The highest BCUT2D eigenvalue weighted by Gasteiger charge is 2.48. The third kappa shape index (κ3) is 4.44. The standard InChI is InChI=1S/C28H27F2N3O5/c1-16(2)28(36)38-15-37-26-21(34)14-31-33-24(20-12-7-13-32(20)27(35)25(26)33)22(17-8-4-3-5-9-17)18-10-6-11-19(29)23(18)30/h3-6,8-11,14,16,20,22,24H,7,12-13,15H2,1-2H3/t20-,22?,24-/m1/s1. The number of carbonyl (C=O) groups is 2. The van der Waals surface area contributed by atoms with Gasteiger partial charge in [-0.15, -0.1) is 0 Å². The molecule has 0 radical (unpaired) electrons. The van der Waals surface area contributed by atoms with E-state index in [9.17, 15) is 18.8 Å². The summed E-state index contributed by atoms with van der Waals surface area (Å²) in [6.45, 7) is 3.17. The minimum atomic E-state index is -0.984. The number of hydrogen-bond acceptors (Lipinski definition) is 6. The maximum atomic E-state index is 15.3. The van der Waals surface area contributed by atoms with Crippen LogP contribution in [0.5, 0.6) is 5.75 Å². The van der Waals surface area contributed by atoms with Crippen LogP contribution in [0.2, 0.25) is 0 Å². The Kier molecular flexibility index (Phi) is 6.96. The van der Waals surface area contributed by atoms with Gasteiger partial charge in [-0.25, -0.2) is 8.78 Å². The van der Waals surface area contributed by atoms with Crippen molar-refractivity contribution >= 4 is 11.9 Å². The van der Waals surface area contributed by atoms with Gasteiger partial charge >= 0.3 is 5.97 Å². The van der Waals surface area contributed by atoms with Crippen LogP contribution in [0.15, 0.2) is 59.5 Å². The smallest absolute Gasteiger partial charge is 0.311 e. The van der Waals surface area contributed by atoms with Crippen LogP contribution in [0.4, 0.5) is 8.78 Å². The van der Waals surface area contributed by atoms with Gasteiger partial charge in [-0.05, 0) is 24.5 Å². The molecule has 1 saturated heterocycles. The SMILES string of the molecule is CC(C)C(=O)OCOc1c2n(ncc1=O)[C@@H](C(c1ccccc1)c1cccc(F)c1F)[C@H]1CCCN1C2=O. The number of aromatic nitrogens is 2. The van der Waals surface area contributed by atoms with Crippen LogP contribution in [0.25, 0.3) is 0 Å². The summed E-state index contributed by atoms with van der Waals surface area (Å²) in [5.41, 5.74) is 0.0407. The molecule has 3 aromatic rings. The summed E-state index contributed by atoms with van der Waals surface area (Å²) in [6, 6.07) is 12.0. The number of carbonyl (C=O) groups excluding carboxylic acids is 2. The molecule has 1 aromatic heterocycles. The van der Waals surface area contributed by atoms with Crippen molar-refractivity contribution in [2.75, 3.05) is 13.3 Å². The first-order valence-corrected chi connectivity index (χ1v) is 12.5. The number of amides is 1. The van der Waals surface area contributed by atoms with Crippen LogP contribution in [-0.4, -0.2) is 45.9 Å². The number of hydrogen-bond donors (Lipinski definition) is 0. The molecule has 0 bridgehead atoms. The van der Waals surface area contributed by atoms with Crippen LogP contribution in [-0.2, 0) is 9.53 Å². The van der Waals surface area contributed by atoms with Gasteiger partial charge in [0.1, 0.15) is 0 Å². The molecule has 0 saturated carbocycles. The summed E-state index contributed by atoms with van der Waals surface area (Å²) in [6.07, 6.45) is 2.34. The van der Waals surface area contributed by atoms with Gasteiger partial charge in [0, 0.05) is 18.0 Å². The summed E-state index contributed by atoms with van der Waals surface area (Å²) < 4.78 is 41.8. The predicted octanol–water partition coefficient (Wildman–Crippen LogP) is 4.05. The van der Waals surface area contributed by atoms with Crippen LogP contribution in [0.3, 0.4) is 0 Å². The average Bonchev–Trinajstić information content (AvgIpc) is 3.40. The first-order valence-electron chi connectivity index (χ1n) is 12.5. The Balaban J connectivity index is 1.68. The van der Waals surface area contributed by atoms with Crippen LogP contribution in [0, 0.1) is 17.6 Å². The van der Waals surface area contributed by atoms with E-state index in [1.165, 1.54) is 16.8 Å². The van der Waals surface area contributed by atoms with Gasteiger partial charge in [0.25, 0.3) is 5.91 Å². The number of halogens is 2. The summed E-state index contributed by atoms with van der Waals surface area (Å²) in [5.74, 6) is -4.40. The largest absolute Gasteiger partial charge is 0.451 e. The summed E-state index contributed by atoms with van der Waals surface area (Å²) >= 11 is 0. The highest BCUT2D eigenvalue weighted by molar-refractivity contribution is 5.96. The molecule has 3 heterocycles. The quantitative estimate of drug-likeness (QED) is 0.343. The van der Waals surface area contributed by atoms with Crippen LogP contribution in [0.1, 0.15) is 60.3 Å². The lowest BCUT2D eigenvalue weighted by Gasteiger charge is -2.42. The molecule has 2 aromatic carbocycles. The number of nitrogens with zero attached hydrogens (tertiary/aromatic N) is 3. The molecular formula is C28H27F2N3O5. The fourth-order valence-corrected chi connectivity index (χ4v) is 5.37. The molecule has 8 nitrogen and oxygen atoms in total. The maximum absolute atomic E-state index is 15.3. The number of esters is 1. The van der Waals surface area contributed by atoms with E-state index in [2.05, 4.69) is 5.10 Å². The molecular weight excluding hydrogens is 496 g/mol. The van der Waals surface area contributed by atoms with Crippen molar-refractivity contribution in [2.24, 2.45) is 5.92 Å². The molecule has 1 fully saturated rings. The fourth-order valence-electron chi connectivity index (χ4n) is 5.37. The topological polar surface area (TPSA) is 90.7 Å². The molecule has 0 aliphatic carbocycles.